The lowest BCUT2D eigenvalue weighted by molar-refractivity contribution is -0.384. The van der Waals surface area contributed by atoms with Crippen molar-refractivity contribution in [1.82, 2.24) is 0 Å². The van der Waals surface area contributed by atoms with Crippen LogP contribution in [0, 0.1) is 10.1 Å². The molecule has 5 rings (SSSR count). The van der Waals surface area contributed by atoms with Crippen LogP contribution in [-0.2, 0) is 0 Å². The molecule has 0 saturated carbocycles. The number of nitro groups is 1. The molecule has 5 nitrogen and oxygen atoms in total. The molecule has 0 N–H and O–H groups in total. The van der Waals surface area contributed by atoms with Gasteiger partial charge in [0.1, 0.15) is 0 Å². The summed E-state index contributed by atoms with van der Waals surface area (Å²) < 4.78 is 0. The van der Waals surface area contributed by atoms with Crippen molar-refractivity contribution in [3.05, 3.63) is 124 Å². The van der Waals surface area contributed by atoms with E-state index in [-0.39, 0.29) is 11.6 Å². The van der Waals surface area contributed by atoms with Crippen LogP contribution in [0.3, 0.4) is 0 Å². The maximum Gasteiger partial charge on any atom is 0.269 e. The first-order valence-corrected chi connectivity index (χ1v) is 9.66. The van der Waals surface area contributed by atoms with Crippen LogP contribution < -0.4 is 0 Å². The van der Waals surface area contributed by atoms with Gasteiger partial charge in [-0.3, -0.25) is 10.1 Å². The Bertz CT molecular complexity index is 1270. The van der Waals surface area contributed by atoms with Gasteiger partial charge in [-0.25, -0.2) is 0 Å². The average Bonchev–Trinajstić information content (AvgIpc) is 3.14. The molecule has 30 heavy (non-hydrogen) atoms. The Kier molecular flexibility index (Phi) is 4.41. The fourth-order valence-electron chi connectivity index (χ4n) is 4.07. The molecule has 1 unspecified atom stereocenters. The largest absolute Gasteiger partial charge is 0.269 e. The van der Waals surface area contributed by atoms with Gasteiger partial charge < -0.3 is 0 Å². The van der Waals surface area contributed by atoms with Gasteiger partial charge in [0, 0.05) is 18.1 Å². The molecule has 0 bridgehead atoms. The zero-order valence-corrected chi connectivity index (χ0v) is 16.0. The molecule has 144 valence electrons. The zero-order chi connectivity index (χ0) is 20.5. The van der Waals surface area contributed by atoms with E-state index in [4.69, 9.17) is 0 Å². The van der Waals surface area contributed by atoms with Crippen LogP contribution in [0.1, 0.15) is 22.6 Å². The monoisotopic (exact) mass is 391 g/mol. The molecule has 0 fully saturated rings. The quantitative estimate of drug-likeness (QED) is 0.185. The number of fused-ring (bicyclic) bond motifs is 3. The minimum Gasteiger partial charge on any atom is -0.258 e. The number of benzene rings is 4. The number of non-ortho nitro benzene ring substituents is 1. The average molecular weight is 391 g/mol. The van der Waals surface area contributed by atoms with Gasteiger partial charge in [0.25, 0.3) is 5.69 Å². The zero-order valence-electron chi connectivity index (χ0n) is 16.0. The van der Waals surface area contributed by atoms with Crippen molar-refractivity contribution in [2.75, 3.05) is 0 Å². The minimum atomic E-state index is -0.424. The van der Waals surface area contributed by atoms with Crippen LogP contribution in [0.25, 0.3) is 11.1 Å². The minimum absolute atomic E-state index is 0.0362. The Labute approximate surface area is 173 Å². The molecular formula is C25H17N3O2. The van der Waals surface area contributed by atoms with Crippen molar-refractivity contribution in [2.45, 2.75) is 5.92 Å². The SMILES string of the molecule is O=[N+]([O-])c1ccc(N=Nc2cccc3c2C(c2ccccc2)c2ccccc2-3)cc1. The van der Waals surface area contributed by atoms with Crippen molar-refractivity contribution >= 4 is 17.1 Å². The maximum atomic E-state index is 10.8. The van der Waals surface area contributed by atoms with Gasteiger partial charge in [0.05, 0.1) is 16.3 Å². The molecule has 0 aliphatic heterocycles. The van der Waals surface area contributed by atoms with Crippen LogP contribution in [0.4, 0.5) is 17.1 Å². The molecule has 5 heteroatoms. The van der Waals surface area contributed by atoms with Gasteiger partial charge >= 0.3 is 0 Å². The Morgan fingerprint density at radius 3 is 2.17 bits per heavy atom. The molecule has 4 aromatic carbocycles. The summed E-state index contributed by atoms with van der Waals surface area (Å²) in [4.78, 5) is 10.4. The molecule has 0 spiro atoms. The number of azo groups is 1. The lowest BCUT2D eigenvalue weighted by Crippen LogP contribution is -1.99. The first-order valence-electron chi connectivity index (χ1n) is 9.66. The number of nitrogens with zero attached hydrogens (tertiary/aromatic N) is 3. The molecule has 0 heterocycles. The summed E-state index contributed by atoms with van der Waals surface area (Å²) in [6.07, 6.45) is 0. The smallest absolute Gasteiger partial charge is 0.258 e. The molecule has 1 atom stereocenters. The van der Waals surface area contributed by atoms with Crippen molar-refractivity contribution in [2.24, 2.45) is 10.2 Å². The summed E-state index contributed by atoms with van der Waals surface area (Å²) in [6, 6.07) is 31.0. The van der Waals surface area contributed by atoms with E-state index in [0.717, 1.165) is 11.3 Å². The highest BCUT2D eigenvalue weighted by atomic mass is 16.6. The second-order valence-electron chi connectivity index (χ2n) is 7.14. The first kappa shape index (κ1) is 17.9. The highest BCUT2D eigenvalue weighted by molar-refractivity contribution is 5.84. The summed E-state index contributed by atoms with van der Waals surface area (Å²) >= 11 is 0. The molecule has 1 aliphatic rings. The van der Waals surface area contributed by atoms with Gasteiger partial charge in [0.2, 0.25) is 0 Å². The van der Waals surface area contributed by atoms with Crippen molar-refractivity contribution < 1.29 is 4.92 Å². The van der Waals surface area contributed by atoms with Crippen LogP contribution in [0.2, 0.25) is 0 Å². The van der Waals surface area contributed by atoms with Crippen molar-refractivity contribution in [3.63, 3.8) is 0 Å². The van der Waals surface area contributed by atoms with Gasteiger partial charge in [-0.05, 0) is 46.0 Å². The lowest BCUT2D eigenvalue weighted by atomic mass is 9.88. The Hall–Kier alpha value is -4.12. The van der Waals surface area contributed by atoms with E-state index in [1.807, 2.05) is 18.2 Å². The summed E-state index contributed by atoms with van der Waals surface area (Å²) in [5.74, 6) is 0.0874. The number of nitro benzene ring substituents is 1. The summed E-state index contributed by atoms with van der Waals surface area (Å²) in [5, 5.41) is 19.7. The fraction of sp³-hybridized carbons (Fsp3) is 0.0400. The van der Waals surface area contributed by atoms with E-state index in [9.17, 15) is 10.1 Å². The molecule has 1 aliphatic carbocycles. The number of hydrogen-bond acceptors (Lipinski definition) is 4. The molecule has 0 saturated heterocycles. The topological polar surface area (TPSA) is 67.9 Å². The predicted octanol–water partition coefficient (Wildman–Crippen LogP) is 7.17. The standard InChI is InChI=1S/C25H17N3O2/c29-28(30)19-15-13-18(14-16-19)26-27-23-12-6-11-22-20-9-4-5-10-21(20)24(25(22)23)17-7-2-1-3-8-17/h1-16,24H. The molecule has 0 aromatic heterocycles. The Morgan fingerprint density at radius 2 is 1.40 bits per heavy atom. The summed E-state index contributed by atoms with van der Waals surface area (Å²) in [5.41, 5.74) is 7.40. The maximum absolute atomic E-state index is 10.8. The number of rotatable bonds is 4. The molecule has 4 aromatic rings. The third kappa shape index (κ3) is 3.06. The van der Waals surface area contributed by atoms with E-state index >= 15 is 0 Å². The second kappa shape index (κ2) is 7.37. The van der Waals surface area contributed by atoms with Gasteiger partial charge in [0.15, 0.2) is 0 Å². The Morgan fingerprint density at radius 1 is 0.700 bits per heavy atom. The van der Waals surface area contributed by atoms with E-state index in [2.05, 4.69) is 64.8 Å². The van der Waals surface area contributed by atoms with Crippen LogP contribution in [-0.4, -0.2) is 4.92 Å². The van der Waals surface area contributed by atoms with E-state index in [1.54, 1.807) is 12.1 Å². The first-order chi connectivity index (χ1) is 14.7. The summed E-state index contributed by atoms with van der Waals surface area (Å²) in [7, 11) is 0. The second-order valence-corrected chi connectivity index (χ2v) is 7.14. The molecule has 0 radical (unpaired) electrons. The third-order valence-corrected chi connectivity index (χ3v) is 5.40. The van der Waals surface area contributed by atoms with Crippen molar-refractivity contribution in [3.8, 4) is 11.1 Å². The fourth-order valence-corrected chi connectivity index (χ4v) is 4.07. The number of hydrogen-bond donors (Lipinski definition) is 0. The van der Waals surface area contributed by atoms with Gasteiger partial charge in [-0.2, -0.15) is 10.2 Å². The molecule has 0 amide bonds. The molecular weight excluding hydrogens is 374 g/mol. The van der Waals surface area contributed by atoms with E-state index in [0.29, 0.717) is 5.69 Å². The highest BCUT2D eigenvalue weighted by Gasteiger charge is 2.31. The third-order valence-electron chi connectivity index (χ3n) is 5.40. The van der Waals surface area contributed by atoms with Gasteiger partial charge in [-0.15, -0.1) is 0 Å². The lowest BCUT2D eigenvalue weighted by Gasteiger charge is -2.15. The normalized spacial score (nSPS) is 14.5. The van der Waals surface area contributed by atoms with E-state index in [1.165, 1.54) is 34.4 Å². The summed E-state index contributed by atoms with van der Waals surface area (Å²) in [6.45, 7) is 0. The highest BCUT2D eigenvalue weighted by Crippen LogP contribution is 2.51. The van der Waals surface area contributed by atoms with Crippen LogP contribution in [0.15, 0.2) is 107 Å². The Balaban J connectivity index is 1.61. The van der Waals surface area contributed by atoms with E-state index < -0.39 is 4.92 Å². The predicted molar refractivity (Wildman–Crippen MR) is 117 cm³/mol. The van der Waals surface area contributed by atoms with Gasteiger partial charge in [-0.1, -0.05) is 66.7 Å². The van der Waals surface area contributed by atoms with Crippen LogP contribution >= 0.6 is 0 Å². The van der Waals surface area contributed by atoms with Crippen molar-refractivity contribution in [1.29, 1.82) is 0 Å². The van der Waals surface area contributed by atoms with Crippen LogP contribution in [0.5, 0.6) is 0 Å².